The third-order valence-corrected chi connectivity index (χ3v) is 3.72. The van der Waals surface area contributed by atoms with Gasteiger partial charge in [-0.05, 0) is 30.2 Å². The molecule has 0 aliphatic rings. The lowest BCUT2D eigenvalue weighted by Gasteiger charge is -2.09. The molecule has 0 bridgehead atoms. The number of ether oxygens (including phenoxy) is 2. The van der Waals surface area contributed by atoms with Crippen LogP contribution in [0.2, 0.25) is 0 Å². The zero-order valence-electron chi connectivity index (χ0n) is 15.0. The number of carbonyl (C=O) groups is 2. The number of amides is 2. The monoisotopic (exact) mass is 357 g/mol. The van der Waals surface area contributed by atoms with Crippen LogP contribution >= 0.6 is 0 Å². The molecule has 2 rings (SSSR count). The number of nitrogens with zero attached hydrogens (tertiary/aromatic N) is 1. The minimum atomic E-state index is -0.342. The van der Waals surface area contributed by atoms with Gasteiger partial charge in [-0.2, -0.15) is 0 Å². The van der Waals surface area contributed by atoms with E-state index in [2.05, 4.69) is 15.6 Å². The highest BCUT2D eigenvalue weighted by Crippen LogP contribution is 2.17. The third-order valence-electron chi connectivity index (χ3n) is 3.72. The summed E-state index contributed by atoms with van der Waals surface area (Å²) in [5, 5.41) is 5.51. The van der Waals surface area contributed by atoms with Crippen LogP contribution in [-0.4, -0.2) is 50.7 Å². The lowest BCUT2D eigenvalue weighted by Crippen LogP contribution is -2.29. The fourth-order valence-corrected chi connectivity index (χ4v) is 2.38. The third kappa shape index (κ3) is 5.56. The first-order chi connectivity index (χ1) is 12.7. The van der Waals surface area contributed by atoms with E-state index in [1.54, 1.807) is 20.3 Å². The molecule has 2 aromatic rings. The van der Waals surface area contributed by atoms with Crippen molar-refractivity contribution in [1.29, 1.82) is 0 Å². The summed E-state index contributed by atoms with van der Waals surface area (Å²) in [5.74, 6) is 0.194. The van der Waals surface area contributed by atoms with Crippen molar-refractivity contribution in [3.05, 3.63) is 59.4 Å². The Morgan fingerprint density at radius 1 is 1.04 bits per heavy atom. The molecule has 0 aliphatic heterocycles. The molecule has 7 nitrogen and oxygen atoms in total. The number of hydrogen-bond acceptors (Lipinski definition) is 5. The van der Waals surface area contributed by atoms with E-state index in [9.17, 15) is 9.59 Å². The summed E-state index contributed by atoms with van der Waals surface area (Å²) in [6.45, 7) is 1.25. The molecular weight excluding hydrogens is 334 g/mol. The molecule has 0 aliphatic carbocycles. The minimum absolute atomic E-state index is 0.193. The Hall–Kier alpha value is -2.93. The summed E-state index contributed by atoms with van der Waals surface area (Å²) in [7, 11) is 3.17. The number of carbonyl (C=O) groups excluding carboxylic acids is 2. The lowest BCUT2D eigenvalue weighted by molar-refractivity contribution is 0.0932. The fourth-order valence-electron chi connectivity index (χ4n) is 2.38. The van der Waals surface area contributed by atoms with Crippen molar-refractivity contribution in [2.75, 3.05) is 33.9 Å². The Labute approximate surface area is 152 Å². The van der Waals surface area contributed by atoms with Crippen LogP contribution in [0.25, 0.3) is 0 Å². The maximum absolute atomic E-state index is 12.3. The van der Waals surface area contributed by atoms with Crippen molar-refractivity contribution in [2.45, 2.75) is 6.42 Å². The standard InChI is InChI=1S/C19H23N3O4/c1-25-12-11-22-19(24)16-13-15(8-9-20-16)18(23)21-10-7-14-5-3-4-6-17(14)26-2/h3-6,8-9,13H,7,10-12H2,1-2H3,(H,21,23)(H,22,24). The van der Waals surface area contributed by atoms with E-state index in [-0.39, 0.29) is 17.5 Å². The number of aromatic nitrogens is 1. The smallest absolute Gasteiger partial charge is 0.269 e. The van der Waals surface area contributed by atoms with Crippen LogP contribution in [0.1, 0.15) is 26.4 Å². The minimum Gasteiger partial charge on any atom is -0.496 e. The first-order valence-electron chi connectivity index (χ1n) is 8.29. The van der Waals surface area contributed by atoms with Crippen LogP contribution in [-0.2, 0) is 11.2 Å². The molecule has 0 saturated carbocycles. The van der Waals surface area contributed by atoms with Gasteiger partial charge in [-0.15, -0.1) is 0 Å². The highest BCUT2D eigenvalue weighted by Gasteiger charge is 2.11. The molecule has 2 N–H and O–H groups in total. The van der Waals surface area contributed by atoms with Gasteiger partial charge in [0.25, 0.3) is 11.8 Å². The Morgan fingerprint density at radius 2 is 1.81 bits per heavy atom. The summed E-state index contributed by atoms with van der Waals surface area (Å²) in [4.78, 5) is 28.3. The molecule has 1 aromatic heterocycles. The number of hydrogen-bond donors (Lipinski definition) is 2. The summed E-state index contributed by atoms with van der Waals surface area (Å²) in [5.41, 5.74) is 1.60. The molecule has 0 spiro atoms. The summed E-state index contributed by atoms with van der Waals surface area (Å²) in [6, 6.07) is 10.7. The van der Waals surface area contributed by atoms with Crippen molar-refractivity contribution in [3.63, 3.8) is 0 Å². The summed E-state index contributed by atoms with van der Waals surface area (Å²) < 4.78 is 10.2. The first kappa shape index (κ1) is 19.4. The Bertz CT molecular complexity index is 749. The van der Waals surface area contributed by atoms with Gasteiger partial charge >= 0.3 is 0 Å². The van der Waals surface area contributed by atoms with Crippen LogP contribution in [0.4, 0.5) is 0 Å². The van der Waals surface area contributed by atoms with Crippen LogP contribution in [0.5, 0.6) is 5.75 Å². The first-order valence-corrected chi connectivity index (χ1v) is 8.29. The van der Waals surface area contributed by atoms with Crippen LogP contribution in [0.3, 0.4) is 0 Å². The van der Waals surface area contributed by atoms with Gasteiger partial charge in [0, 0.05) is 32.0 Å². The molecule has 0 fully saturated rings. The predicted octanol–water partition coefficient (Wildman–Crippen LogP) is 1.44. The van der Waals surface area contributed by atoms with Gasteiger partial charge in [0.15, 0.2) is 0 Å². The van der Waals surface area contributed by atoms with Gasteiger partial charge in [-0.25, -0.2) is 0 Å². The second-order valence-electron chi connectivity index (χ2n) is 5.50. The summed E-state index contributed by atoms with van der Waals surface area (Å²) in [6.07, 6.45) is 2.09. The topological polar surface area (TPSA) is 89.5 Å². The molecule has 0 saturated heterocycles. The summed E-state index contributed by atoms with van der Waals surface area (Å²) >= 11 is 0. The molecule has 1 heterocycles. The van der Waals surface area contributed by atoms with Gasteiger partial charge in [0.1, 0.15) is 11.4 Å². The van der Waals surface area contributed by atoms with Crippen LogP contribution in [0.15, 0.2) is 42.6 Å². The maximum Gasteiger partial charge on any atom is 0.269 e. The number of methoxy groups -OCH3 is 2. The number of rotatable bonds is 9. The molecular formula is C19H23N3O4. The van der Waals surface area contributed by atoms with E-state index < -0.39 is 0 Å². The highest BCUT2D eigenvalue weighted by molar-refractivity contribution is 5.98. The zero-order chi connectivity index (χ0) is 18.8. The molecule has 138 valence electrons. The normalized spacial score (nSPS) is 10.2. The van der Waals surface area contributed by atoms with Crippen molar-refractivity contribution in [2.24, 2.45) is 0 Å². The maximum atomic E-state index is 12.3. The van der Waals surface area contributed by atoms with E-state index in [0.717, 1.165) is 11.3 Å². The molecule has 2 amide bonds. The predicted molar refractivity (Wildman–Crippen MR) is 97.5 cm³/mol. The Kier molecular flexibility index (Phi) is 7.57. The highest BCUT2D eigenvalue weighted by atomic mass is 16.5. The second-order valence-corrected chi connectivity index (χ2v) is 5.50. The number of nitrogens with one attached hydrogen (secondary N) is 2. The fraction of sp³-hybridized carbons (Fsp3) is 0.316. The van der Waals surface area contributed by atoms with Gasteiger partial charge in [-0.1, -0.05) is 18.2 Å². The van der Waals surface area contributed by atoms with E-state index in [1.165, 1.54) is 12.3 Å². The average molecular weight is 357 g/mol. The van der Waals surface area contributed by atoms with Crippen molar-refractivity contribution in [1.82, 2.24) is 15.6 Å². The van der Waals surface area contributed by atoms with Crippen molar-refractivity contribution in [3.8, 4) is 5.75 Å². The molecule has 0 unspecified atom stereocenters. The largest absolute Gasteiger partial charge is 0.496 e. The number of benzene rings is 1. The van der Waals surface area contributed by atoms with Crippen molar-refractivity contribution < 1.29 is 19.1 Å². The van der Waals surface area contributed by atoms with E-state index >= 15 is 0 Å². The quantitative estimate of drug-likeness (QED) is 0.663. The zero-order valence-corrected chi connectivity index (χ0v) is 15.0. The van der Waals surface area contributed by atoms with Crippen LogP contribution < -0.4 is 15.4 Å². The van der Waals surface area contributed by atoms with E-state index in [1.807, 2.05) is 24.3 Å². The van der Waals surface area contributed by atoms with E-state index in [4.69, 9.17) is 9.47 Å². The van der Waals surface area contributed by atoms with Crippen LogP contribution in [0, 0.1) is 0 Å². The average Bonchev–Trinajstić information content (AvgIpc) is 2.68. The van der Waals surface area contributed by atoms with Gasteiger partial charge < -0.3 is 20.1 Å². The molecule has 26 heavy (non-hydrogen) atoms. The lowest BCUT2D eigenvalue weighted by atomic mass is 10.1. The van der Waals surface area contributed by atoms with Crippen molar-refractivity contribution >= 4 is 11.8 Å². The Balaban J connectivity index is 1.91. The SMILES string of the molecule is COCCNC(=O)c1cc(C(=O)NCCc2ccccc2OC)ccn1. The molecule has 7 heteroatoms. The second kappa shape index (κ2) is 10.1. The Morgan fingerprint density at radius 3 is 2.58 bits per heavy atom. The number of para-hydroxylation sites is 1. The van der Waals surface area contributed by atoms with E-state index in [0.29, 0.717) is 31.7 Å². The number of pyridine rings is 1. The van der Waals surface area contributed by atoms with Gasteiger partial charge in [-0.3, -0.25) is 14.6 Å². The molecule has 1 aromatic carbocycles. The van der Waals surface area contributed by atoms with Gasteiger partial charge in [0.05, 0.1) is 13.7 Å². The molecule has 0 atom stereocenters. The molecule has 0 radical (unpaired) electrons. The van der Waals surface area contributed by atoms with Gasteiger partial charge in [0.2, 0.25) is 0 Å².